The van der Waals surface area contributed by atoms with Crippen LogP contribution in [0.15, 0.2) is 125 Å². The summed E-state index contributed by atoms with van der Waals surface area (Å²) in [6.07, 6.45) is 6.93. The van der Waals surface area contributed by atoms with Gasteiger partial charge >= 0.3 is 210 Å². The van der Waals surface area contributed by atoms with Crippen molar-refractivity contribution in [3.63, 3.8) is 0 Å². The molecule has 0 unspecified atom stereocenters. The molecule has 0 aliphatic rings. The van der Waals surface area contributed by atoms with Crippen molar-refractivity contribution in [1.29, 1.82) is 0 Å². The van der Waals surface area contributed by atoms with Gasteiger partial charge in [-0.2, -0.15) is 0 Å². The van der Waals surface area contributed by atoms with Crippen molar-refractivity contribution in [3.05, 3.63) is 130 Å². The zero-order valence-corrected chi connectivity index (χ0v) is 22.8. The van der Waals surface area contributed by atoms with Crippen LogP contribution < -0.4 is 10.7 Å². The Kier molecular flexibility index (Phi) is 8.83. The third-order valence-electron chi connectivity index (χ3n) is 6.26. The van der Waals surface area contributed by atoms with E-state index in [-0.39, 0.29) is 0 Å². The second-order valence-corrected chi connectivity index (χ2v) is 19.3. The number of rotatable bonds is 8. The molecule has 168 valence electrons. The summed E-state index contributed by atoms with van der Waals surface area (Å²) < 4.78 is 5.60. The van der Waals surface area contributed by atoms with Crippen LogP contribution in [0.1, 0.15) is 38.2 Å². The van der Waals surface area contributed by atoms with Crippen LogP contribution in [0, 0.1) is 11.8 Å². The first kappa shape index (κ1) is 24.1. The summed E-state index contributed by atoms with van der Waals surface area (Å²) in [4.78, 5) is 0. The molecule has 0 nitrogen and oxygen atoms in total. The quantitative estimate of drug-likeness (QED) is 0.137. The molecule has 0 amide bonds. The molecule has 4 aromatic rings. The second-order valence-electron chi connectivity index (χ2n) is 8.58. The van der Waals surface area contributed by atoms with E-state index in [1.807, 2.05) is 0 Å². The maximum atomic E-state index is 3.77. The Morgan fingerprint density at radius 2 is 1.06 bits per heavy atom. The number of hydrogen-bond donors (Lipinski definition) is 0. The normalized spacial score (nSPS) is 11.5. The maximum absolute atomic E-state index is 3.77. The number of unbranched alkanes of at least 4 members (excludes halogenated alkanes) is 3. The Bertz CT molecular complexity index is 1130. The van der Waals surface area contributed by atoms with Crippen LogP contribution in [0.4, 0.5) is 0 Å². The first-order valence-corrected chi connectivity index (χ1v) is 18.0. The third kappa shape index (κ3) is 5.54. The Morgan fingerprint density at radius 3 is 1.50 bits per heavy atom. The van der Waals surface area contributed by atoms with E-state index in [4.69, 9.17) is 0 Å². The van der Waals surface area contributed by atoms with Gasteiger partial charge in [0.15, 0.2) is 0 Å². The molecule has 0 heterocycles. The van der Waals surface area contributed by atoms with E-state index in [0.717, 1.165) is 12.8 Å². The number of benzene rings is 4. The van der Waals surface area contributed by atoms with Gasteiger partial charge in [-0.3, -0.25) is 0 Å². The van der Waals surface area contributed by atoms with Crippen molar-refractivity contribution in [3.8, 4) is 11.8 Å². The van der Waals surface area contributed by atoms with Crippen molar-refractivity contribution in [1.82, 2.24) is 0 Å². The summed E-state index contributed by atoms with van der Waals surface area (Å²) in [6.45, 7) is 2.25. The molecule has 0 N–H and O–H groups in total. The molecular weight excluding hydrogens is 515 g/mol. The van der Waals surface area contributed by atoms with Crippen molar-refractivity contribution in [2.45, 2.75) is 32.6 Å². The molecule has 0 atom stereocenters. The Labute approximate surface area is 209 Å². The monoisotopic (exact) mass is 548 g/mol. The molecule has 0 radical (unpaired) electrons. The van der Waals surface area contributed by atoms with Gasteiger partial charge in [0.2, 0.25) is 0 Å². The minimum absolute atomic E-state index is 0.945. The van der Waals surface area contributed by atoms with Crippen LogP contribution in [0.2, 0.25) is 0 Å². The predicted octanol–water partition coefficient (Wildman–Crippen LogP) is 6.36. The van der Waals surface area contributed by atoms with Gasteiger partial charge in [-0.1, -0.05) is 0 Å². The predicted molar refractivity (Wildman–Crippen MR) is 150 cm³/mol. The number of allylic oxidation sites excluding steroid dienone is 1. The summed E-state index contributed by atoms with van der Waals surface area (Å²) in [5, 5.41) is 0. The van der Waals surface area contributed by atoms with Crippen molar-refractivity contribution >= 4 is 35.2 Å². The van der Waals surface area contributed by atoms with Gasteiger partial charge in [-0.25, -0.2) is 0 Å². The Morgan fingerprint density at radius 1 is 0.618 bits per heavy atom. The molecule has 0 spiro atoms. The van der Waals surface area contributed by atoms with Crippen LogP contribution in [-0.2, 0) is 0 Å². The van der Waals surface area contributed by atoms with Crippen molar-refractivity contribution < 1.29 is 0 Å². The van der Waals surface area contributed by atoms with E-state index in [2.05, 4.69) is 146 Å². The first-order chi connectivity index (χ1) is 16.9. The molecule has 0 aliphatic heterocycles. The molecule has 1 heteroatoms. The van der Waals surface area contributed by atoms with Crippen LogP contribution in [0.5, 0.6) is 0 Å². The second kappa shape index (κ2) is 12.4. The van der Waals surface area contributed by atoms with Crippen LogP contribution in [0.25, 0.3) is 6.08 Å². The molecule has 0 aliphatic carbocycles. The summed E-state index contributed by atoms with van der Waals surface area (Å²) in [5.74, 6) is 7.36. The average molecular weight is 547 g/mol. The Balaban J connectivity index is 2.03. The molecule has 34 heavy (non-hydrogen) atoms. The molecule has 0 bridgehead atoms. The fraction of sp³-hybridized carbons (Fsp3) is 0.152. The zero-order valence-electron chi connectivity index (χ0n) is 20.0. The fourth-order valence-corrected chi connectivity index (χ4v) is 17.9. The molecule has 0 fully saturated rings. The summed E-state index contributed by atoms with van der Waals surface area (Å²) in [5.41, 5.74) is 1.21. The summed E-state index contributed by atoms with van der Waals surface area (Å²) in [7, 11) is 0. The molecule has 0 saturated heterocycles. The summed E-state index contributed by atoms with van der Waals surface area (Å²) >= 11 is -3.69. The van der Waals surface area contributed by atoms with Crippen molar-refractivity contribution in [2.24, 2.45) is 0 Å². The molecule has 4 aromatic carbocycles. The van der Waals surface area contributed by atoms with E-state index >= 15 is 0 Å². The van der Waals surface area contributed by atoms with Crippen LogP contribution >= 0.6 is 0 Å². The van der Waals surface area contributed by atoms with Gasteiger partial charge in [0.1, 0.15) is 0 Å². The van der Waals surface area contributed by atoms with E-state index in [0.29, 0.717) is 0 Å². The average Bonchev–Trinajstić information content (AvgIpc) is 2.91. The fourth-order valence-electron chi connectivity index (χ4n) is 4.61. The van der Waals surface area contributed by atoms with Gasteiger partial charge in [0.25, 0.3) is 0 Å². The molecule has 0 saturated carbocycles. The van der Waals surface area contributed by atoms with Gasteiger partial charge < -0.3 is 0 Å². The molecule has 0 aromatic heterocycles. The molecule has 4 rings (SSSR count). The van der Waals surface area contributed by atoms with E-state index < -0.39 is 18.4 Å². The Hall–Kier alpha value is -3.02. The van der Waals surface area contributed by atoms with Gasteiger partial charge in [-0.15, -0.1) is 0 Å². The van der Waals surface area contributed by atoms with Crippen LogP contribution in [0.3, 0.4) is 0 Å². The van der Waals surface area contributed by atoms with E-state index in [1.165, 1.54) is 32.7 Å². The third-order valence-corrected chi connectivity index (χ3v) is 19.6. The summed E-state index contributed by atoms with van der Waals surface area (Å²) in [6, 6.07) is 44.1. The number of hydrogen-bond acceptors (Lipinski definition) is 0. The first-order valence-electron chi connectivity index (χ1n) is 12.3. The van der Waals surface area contributed by atoms with Crippen molar-refractivity contribution in [2.75, 3.05) is 0 Å². The zero-order chi connectivity index (χ0) is 23.5. The van der Waals surface area contributed by atoms with Gasteiger partial charge in [0, 0.05) is 0 Å². The van der Waals surface area contributed by atoms with Gasteiger partial charge in [0.05, 0.1) is 0 Å². The van der Waals surface area contributed by atoms with Crippen LogP contribution in [-0.4, -0.2) is 18.4 Å². The van der Waals surface area contributed by atoms with E-state index in [9.17, 15) is 0 Å². The topological polar surface area (TPSA) is 0 Å². The van der Waals surface area contributed by atoms with Gasteiger partial charge in [-0.05, 0) is 0 Å². The SMILES string of the molecule is CCCCCC#C/[C](=C/c1ccccc1)[Sn]([c]1ccccc1)([c]1ccccc1)[c]1ccccc1. The van der Waals surface area contributed by atoms with E-state index in [1.54, 1.807) is 0 Å². The standard InChI is InChI=1S/C15H17.3C6H5.Sn/c1-2-3-4-5-6-7-9-12-15-13-10-8-11-14-15;3*1-2-4-6-5-3-1;/h8,10-14H,2-5H2,1H3;3*1-5H;. The molecular formula is C33H32Sn. The minimum atomic E-state index is -3.69.